The number of hydrogen-bond donors (Lipinski definition) is 0. The molecular formula is C11H10N2O2. The third-order valence-electron chi connectivity index (χ3n) is 1.96. The lowest BCUT2D eigenvalue weighted by Gasteiger charge is -2.02. The van der Waals surface area contributed by atoms with Crippen molar-refractivity contribution in [1.82, 2.24) is 9.97 Å². The predicted molar refractivity (Wildman–Crippen MR) is 55.5 cm³/mol. The molecule has 0 amide bonds. The van der Waals surface area contributed by atoms with Crippen molar-refractivity contribution in [2.24, 2.45) is 0 Å². The minimum atomic E-state index is -0.252. The van der Waals surface area contributed by atoms with E-state index in [-0.39, 0.29) is 5.97 Å². The summed E-state index contributed by atoms with van der Waals surface area (Å²) in [6, 6.07) is 5.20. The zero-order valence-corrected chi connectivity index (χ0v) is 8.30. The third-order valence-corrected chi connectivity index (χ3v) is 1.96. The summed E-state index contributed by atoms with van der Waals surface area (Å²) in [5, 5.41) is 0. The maximum Gasteiger partial charge on any atom is 0.310 e. The van der Waals surface area contributed by atoms with Gasteiger partial charge in [0, 0.05) is 24.9 Å². The highest BCUT2D eigenvalue weighted by Gasteiger charge is 2.03. The molecule has 0 N–H and O–H groups in total. The molecule has 0 aliphatic heterocycles. The van der Waals surface area contributed by atoms with Crippen LogP contribution in [0, 0.1) is 0 Å². The van der Waals surface area contributed by atoms with Crippen LogP contribution >= 0.6 is 0 Å². The largest absolute Gasteiger partial charge is 0.426 e. The van der Waals surface area contributed by atoms with Gasteiger partial charge in [-0.3, -0.25) is 14.8 Å². The van der Waals surface area contributed by atoms with Crippen LogP contribution in [0.3, 0.4) is 0 Å². The van der Waals surface area contributed by atoms with Crippen molar-refractivity contribution >= 4 is 17.0 Å². The Hall–Kier alpha value is -1.97. The smallest absolute Gasteiger partial charge is 0.310 e. The second-order valence-electron chi connectivity index (χ2n) is 3.03. The summed E-state index contributed by atoms with van der Waals surface area (Å²) < 4.78 is 5.06. The van der Waals surface area contributed by atoms with Crippen LogP contribution in [0.5, 0.6) is 5.75 Å². The molecular weight excluding hydrogens is 192 g/mol. The molecule has 1 heterocycles. The molecule has 1 aromatic carbocycles. The molecule has 2 aromatic rings. The first kappa shape index (κ1) is 9.58. The van der Waals surface area contributed by atoms with E-state index >= 15 is 0 Å². The van der Waals surface area contributed by atoms with Crippen LogP contribution in [0.25, 0.3) is 11.0 Å². The number of benzene rings is 1. The van der Waals surface area contributed by atoms with Gasteiger partial charge in [-0.25, -0.2) is 0 Å². The van der Waals surface area contributed by atoms with Gasteiger partial charge >= 0.3 is 5.97 Å². The zero-order valence-electron chi connectivity index (χ0n) is 8.30. The summed E-state index contributed by atoms with van der Waals surface area (Å²) in [7, 11) is 0. The standard InChI is InChI=1S/C11H10N2O2/c1-2-11(14)15-8-3-4-9-10(7-8)13-6-5-12-9/h3-7H,2H2,1H3. The number of fused-ring (bicyclic) bond motifs is 1. The number of ether oxygens (including phenoxy) is 1. The van der Waals surface area contributed by atoms with Crippen LogP contribution in [0.1, 0.15) is 13.3 Å². The van der Waals surface area contributed by atoms with Gasteiger partial charge in [-0.15, -0.1) is 0 Å². The Kier molecular flexibility index (Phi) is 2.58. The number of carbonyl (C=O) groups is 1. The van der Waals surface area contributed by atoms with E-state index in [0.717, 1.165) is 11.0 Å². The van der Waals surface area contributed by atoms with Crippen molar-refractivity contribution in [3.05, 3.63) is 30.6 Å². The van der Waals surface area contributed by atoms with Gasteiger partial charge in [0.1, 0.15) is 5.75 Å². The molecule has 4 heteroatoms. The van der Waals surface area contributed by atoms with Crippen molar-refractivity contribution in [3.8, 4) is 5.75 Å². The molecule has 0 saturated heterocycles. The predicted octanol–water partition coefficient (Wildman–Crippen LogP) is 1.95. The fourth-order valence-electron chi connectivity index (χ4n) is 1.21. The summed E-state index contributed by atoms with van der Waals surface area (Å²) in [5.41, 5.74) is 1.51. The SMILES string of the molecule is CCC(=O)Oc1ccc2nccnc2c1. The summed E-state index contributed by atoms with van der Waals surface area (Å²) in [6.45, 7) is 1.75. The van der Waals surface area contributed by atoms with E-state index in [4.69, 9.17) is 4.74 Å². The summed E-state index contributed by atoms with van der Waals surface area (Å²) in [6.07, 6.45) is 3.59. The molecule has 0 bridgehead atoms. The molecule has 15 heavy (non-hydrogen) atoms. The van der Waals surface area contributed by atoms with E-state index in [1.807, 2.05) is 0 Å². The Morgan fingerprint density at radius 1 is 1.27 bits per heavy atom. The average Bonchev–Trinajstić information content (AvgIpc) is 2.29. The lowest BCUT2D eigenvalue weighted by Crippen LogP contribution is -2.05. The maximum atomic E-state index is 11.1. The van der Waals surface area contributed by atoms with E-state index in [1.54, 1.807) is 37.5 Å². The van der Waals surface area contributed by atoms with E-state index in [2.05, 4.69) is 9.97 Å². The number of aromatic nitrogens is 2. The number of esters is 1. The molecule has 0 saturated carbocycles. The fourth-order valence-corrected chi connectivity index (χ4v) is 1.21. The van der Waals surface area contributed by atoms with Crippen LogP contribution < -0.4 is 4.74 Å². The van der Waals surface area contributed by atoms with Gasteiger partial charge in [0.05, 0.1) is 11.0 Å². The Morgan fingerprint density at radius 2 is 2.00 bits per heavy atom. The van der Waals surface area contributed by atoms with Crippen molar-refractivity contribution < 1.29 is 9.53 Å². The first-order valence-electron chi connectivity index (χ1n) is 4.71. The monoisotopic (exact) mass is 202 g/mol. The Labute approximate surface area is 86.9 Å². The second-order valence-corrected chi connectivity index (χ2v) is 3.03. The molecule has 2 rings (SSSR count). The minimum Gasteiger partial charge on any atom is -0.426 e. The van der Waals surface area contributed by atoms with E-state index in [1.165, 1.54) is 0 Å². The van der Waals surface area contributed by atoms with Crippen LogP contribution in [0.2, 0.25) is 0 Å². The molecule has 4 nitrogen and oxygen atoms in total. The first-order chi connectivity index (χ1) is 7.29. The van der Waals surface area contributed by atoms with E-state index < -0.39 is 0 Å². The zero-order chi connectivity index (χ0) is 10.7. The molecule has 1 aromatic heterocycles. The summed E-state index contributed by atoms with van der Waals surface area (Å²) >= 11 is 0. The average molecular weight is 202 g/mol. The molecule has 0 aliphatic rings. The highest BCUT2D eigenvalue weighted by Crippen LogP contribution is 2.17. The highest BCUT2D eigenvalue weighted by molar-refractivity contribution is 5.78. The van der Waals surface area contributed by atoms with Gasteiger partial charge in [0.25, 0.3) is 0 Å². The number of hydrogen-bond acceptors (Lipinski definition) is 4. The summed E-state index contributed by atoms with van der Waals surface area (Å²) in [4.78, 5) is 19.3. The summed E-state index contributed by atoms with van der Waals surface area (Å²) in [5.74, 6) is 0.257. The molecule has 0 unspecified atom stereocenters. The van der Waals surface area contributed by atoms with Gasteiger partial charge in [-0.2, -0.15) is 0 Å². The highest BCUT2D eigenvalue weighted by atomic mass is 16.5. The van der Waals surface area contributed by atoms with Crippen molar-refractivity contribution in [1.29, 1.82) is 0 Å². The molecule has 0 spiro atoms. The lowest BCUT2D eigenvalue weighted by molar-refractivity contribution is -0.134. The normalized spacial score (nSPS) is 10.2. The Morgan fingerprint density at radius 3 is 2.73 bits per heavy atom. The topological polar surface area (TPSA) is 52.1 Å². The maximum absolute atomic E-state index is 11.1. The van der Waals surface area contributed by atoms with Crippen LogP contribution in [0.4, 0.5) is 0 Å². The van der Waals surface area contributed by atoms with Crippen LogP contribution in [-0.4, -0.2) is 15.9 Å². The van der Waals surface area contributed by atoms with E-state index in [0.29, 0.717) is 12.2 Å². The van der Waals surface area contributed by atoms with Gasteiger partial charge in [0.15, 0.2) is 0 Å². The molecule has 0 fully saturated rings. The third kappa shape index (κ3) is 2.10. The van der Waals surface area contributed by atoms with Gasteiger partial charge in [0.2, 0.25) is 0 Å². The van der Waals surface area contributed by atoms with Gasteiger partial charge in [-0.1, -0.05) is 6.92 Å². The lowest BCUT2D eigenvalue weighted by atomic mass is 10.3. The quantitative estimate of drug-likeness (QED) is 0.551. The Balaban J connectivity index is 2.34. The Bertz CT molecular complexity index is 497. The van der Waals surface area contributed by atoms with Crippen molar-refractivity contribution in [2.75, 3.05) is 0 Å². The van der Waals surface area contributed by atoms with Crippen molar-refractivity contribution in [3.63, 3.8) is 0 Å². The second kappa shape index (κ2) is 4.04. The first-order valence-corrected chi connectivity index (χ1v) is 4.71. The number of carbonyl (C=O) groups excluding carboxylic acids is 1. The molecule has 76 valence electrons. The number of rotatable bonds is 2. The van der Waals surface area contributed by atoms with Crippen LogP contribution in [-0.2, 0) is 4.79 Å². The molecule has 0 radical (unpaired) electrons. The van der Waals surface area contributed by atoms with E-state index in [9.17, 15) is 4.79 Å². The van der Waals surface area contributed by atoms with Gasteiger partial charge < -0.3 is 4.74 Å². The fraction of sp³-hybridized carbons (Fsp3) is 0.182. The number of nitrogens with zero attached hydrogens (tertiary/aromatic N) is 2. The molecule has 0 atom stereocenters. The van der Waals surface area contributed by atoms with Gasteiger partial charge in [-0.05, 0) is 12.1 Å². The molecule has 0 aliphatic carbocycles. The van der Waals surface area contributed by atoms with Crippen LogP contribution in [0.15, 0.2) is 30.6 Å². The minimum absolute atomic E-state index is 0.252. The van der Waals surface area contributed by atoms with Crippen molar-refractivity contribution in [2.45, 2.75) is 13.3 Å².